The lowest BCUT2D eigenvalue weighted by Gasteiger charge is -2.25. The van der Waals surface area contributed by atoms with Gasteiger partial charge in [-0.1, -0.05) is 11.8 Å². The quantitative estimate of drug-likeness (QED) is 0.701. The van der Waals surface area contributed by atoms with E-state index >= 15 is 0 Å². The molecular formula is C16H16O7S. The second kappa shape index (κ2) is 5.80. The van der Waals surface area contributed by atoms with Crippen LogP contribution in [0.15, 0.2) is 26.4 Å². The molecule has 0 radical (unpaired) electrons. The van der Waals surface area contributed by atoms with Crippen LogP contribution in [0.5, 0.6) is 5.75 Å². The van der Waals surface area contributed by atoms with Crippen LogP contribution in [0.4, 0.5) is 0 Å². The Hall–Kier alpha value is -2.03. The monoisotopic (exact) mass is 352 g/mol. The van der Waals surface area contributed by atoms with Crippen molar-refractivity contribution < 1.29 is 29.3 Å². The second-order valence-corrected chi connectivity index (χ2v) is 6.80. The number of hydrogen-bond acceptors (Lipinski definition) is 8. The number of thioether (sulfide) groups is 1. The molecule has 24 heavy (non-hydrogen) atoms. The number of carbonyl (C=O) groups excluding carboxylic acids is 1. The third kappa shape index (κ3) is 2.21. The van der Waals surface area contributed by atoms with E-state index in [9.17, 15) is 24.9 Å². The Morgan fingerprint density at radius 1 is 1.46 bits per heavy atom. The molecule has 3 N–H and O–H groups in total. The SMILES string of the molecule is COC(=O)[C@@]1(O)c2c(oc3cc(C)cc(O)c3c2=O)S[C@@H]1CCO. The number of rotatable bonds is 3. The molecule has 0 spiro atoms. The minimum Gasteiger partial charge on any atom is -0.507 e. The number of phenolic OH excluding ortho intramolecular Hbond substituents is 1. The van der Waals surface area contributed by atoms with Gasteiger partial charge in [0.05, 0.1) is 17.9 Å². The maximum atomic E-state index is 12.9. The zero-order valence-electron chi connectivity index (χ0n) is 13.0. The number of aliphatic hydroxyl groups is 2. The van der Waals surface area contributed by atoms with E-state index in [4.69, 9.17) is 4.42 Å². The molecule has 1 aromatic carbocycles. The molecule has 2 heterocycles. The van der Waals surface area contributed by atoms with Crippen LogP contribution >= 0.6 is 11.8 Å². The van der Waals surface area contributed by atoms with Crippen LogP contribution < -0.4 is 5.43 Å². The number of ether oxygens (including phenoxy) is 1. The van der Waals surface area contributed by atoms with Crippen molar-refractivity contribution in [1.82, 2.24) is 0 Å². The molecule has 0 unspecified atom stereocenters. The third-order valence-electron chi connectivity index (χ3n) is 4.07. The maximum Gasteiger partial charge on any atom is 0.344 e. The summed E-state index contributed by atoms with van der Waals surface area (Å²) in [5.41, 5.74) is -2.33. The number of benzene rings is 1. The Morgan fingerprint density at radius 3 is 2.79 bits per heavy atom. The first-order valence-electron chi connectivity index (χ1n) is 7.23. The highest BCUT2D eigenvalue weighted by molar-refractivity contribution is 8.00. The molecule has 128 valence electrons. The van der Waals surface area contributed by atoms with Gasteiger partial charge >= 0.3 is 5.97 Å². The van der Waals surface area contributed by atoms with Gasteiger partial charge in [0.1, 0.15) is 16.7 Å². The van der Waals surface area contributed by atoms with Crippen molar-refractivity contribution in [2.75, 3.05) is 13.7 Å². The van der Waals surface area contributed by atoms with Crippen LogP contribution in [-0.4, -0.2) is 40.3 Å². The van der Waals surface area contributed by atoms with E-state index in [-0.39, 0.29) is 40.4 Å². The van der Waals surface area contributed by atoms with Crippen molar-refractivity contribution in [3.63, 3.8) is 0 Å². The molecule has 0 bridgehead atoms. The lowest BCUT2D eigenvalue weighted by atomic mass is 9.89. The molecule has 1 aromatic heterocycles. The topological polar surface area (TPSA) is 117 Å². The Labute approximate surface area is 140 Å². The lowest BCUT2D eigenvalue weighted by Crippen LogP contribution is -2.46. The van der Waals surface area contributed by atoms with Crippen molar-refractivity contribution in [3.8, 4) is 5.75 Å². The molecule has 0 fully saturated rings. The normalized spacial score (nSPS) is 22.6. The third-order valence-corrected chi connectivity index (χ3v) is 5.43. The van der Waals surface area contributed by atoms with Crippen LogP contribution in [-0.2, 0) is 15.1 Å². The van der Waals surface area contributed by atoms with Crippen LogP contribution in [0.2, 0.25) is 0 Å². The summed E-state index contributed by atoms with van der Waals surface area (Å²) in [4.78, 5) is 25.1. The van der Waals surface area contributed by atoms with Gasteiger partial charge in [0.15, 0.2) is 5.09 Å². The smallest absolute Gasteiger partial charge is 0.344 e. The highest BCUT2D eigenvalue weighted by Crippen LogP contribution is 2.49. The number of methoxy groups -OCH3 is 1. The van der Waals surface area contributed by atoms with Gasteiger partial charge in [-0.25, -0.2) is 4.79 Å². The first-order chi connectivity index (χ1) is 11.3. The average Bonchev–Trinajstić information content (AvgIpc) is 2.79. The zero-order chi connectivity index (χ0) is 17.6. The van der Waals surface area contributed by atoms with Gasteiger partial charge in [-0.3, -0.25) is 4.79 Å². The van der Waals surface area contributed by atoms with Gasteiger partial charge in [-0.2, -0.15) is 0 Å². The van der Waals surface area contributed by atoms with E-state index in [1.165, 1.54) is 6.07 Å². The van der Waals surface area contributed by atoms with Gasteiger partial charge in [0, 0.05) is 6.61 Å². The van der Waals surface area contributed by atoms with Crippen LogP contribution in [0.25, 0.3) is 11.0 Å². The van der Waals surface area contributed by atoms with Crippen LogP contribution in [0, 0.1) is 6.92 Å². The first-order valence-corrected chi connectivity index (χ1v) is 8.11. The van der Waals surface area contributed by atoms with E-state index in [1.54, 1.807) is 13.0 Å². The number of aromatic hydroxyl groups is 1. The molecule has 2 atom stereocenters. The summed E-state index contributed by atoms with van der Waals surface area (Å²) in [6.07, 6.45) is 0.0568. The number of esters is 1. The Kier molecular flexibility index (Phi) is 4.06. The number of hydrogen-bond donors (Lipinski definition) is 3. The minimum atomic E-state index is -2.25. The molecule has 8 heteroatoms. The van der Waals surface area contributed by atoms with Gasteiger partial charge in [0.2, 0.25) is 11.0 Å². The zero-order valence-corrected chi connectivity index (χ0v) is 13.8. The summed E-state index contributed by atoms with van der Waals surface area (Å²) in [6, 6.07) is 2.99. The fourth-order valence-electron chi connectivity index (χ4n) is 2.97. The van der Waals surface area contributed by atoms with Crippen molar-refractivity contribution in [2.24, 2.45) is 0 Å². The van der Waals surface area contributed by atoms with Crippen molar-refractivity contribution in [2.45, 2.75) is 29.3 Å². The lowest BCUT2D eigenvalue weighted by molar-refractivity contribution is -0.164. The van der Waals surface area contributed by atoms with Gasteiger partial charge in [-0.05, 0) is 31.0 Å². The molecule has 0 amide bonds. The largest absolute Gasteiger partial charge is 0.507 e. The predicted octanol–water partition coefficient (Wildman–Crippen LogP) is 1.02. The van der Waals surface area contributed by atoms with Crippen molar-refractivity contribution in [3.05, 3.63) is 33.5 Å². The highest BCUT2D eigenvalue weighted by Gasteiger charge is 2.56. The molecule has 0 aliphatic carbocycles. The van der Waals surface area contributed by atoms with Crippen molar-refractivity contribution >= 4 is 28.7 Å². The summed E-state index contributed by atoms with van der Waals surface area (Å²) in [6.45, 7) is 1.45. The van der Waals surface area contributed by atoms with E-state index in [0.717, 1.165) is 18.9 Å². The second-order valence-electron chi connectivity index (χ2n) is 5.63. The number of phenols is 1. The molecular weight excluding hydrogens is 336 g/mol. The molecule has 1 aliphatic rings. The number of fused-ring (bicyclic) bond motifs is 2. The predicted molar refractivity (Wildman–Crippen MR) is 86.1 cm³/mol. The molecule has 0 saturated carbocycles. The van der Waals surface area contributed by atoms with E-state index in [2.05, 4.69) is 4.74 Å². The molecule has 3 rings (SSSR count). The fraction of sp³-hybridized carbons (Fsp3) is 0.375. The van der Waals surface area contributed by atoms with Gasteiger partial charge in [-0.15, -0.1) is 0 Å². The van der Waals surface area contributed by atoms with Crippen LogP contribution in [0.3, 0.4) is 0 Å². The summed E-state index contributed by atoms with van der Waals surface area (Å²) >= 11 is 0.993. The van der Waals surface area contributed by atoms with Gasteiger partial charge in [0.25, 0.3) is 0 Å². The molecule has 7 nitrogen and oxygen atoms in total. The fourth-order valence-corrected chi connectivity index (χ4v) is 4.34. The Bertz CT molecular complexity index is 888. The van der Waals surface area contributed by atoms with Crippen LogP contribution in [0.1, 0.15) is 17.5 Å². The Balaban J connectivity index is 2.36. The van der Waals surface area contributed by atoms with Gasteiger partial charge < -0.3 is 24.5 Å². The molecule has 1 aliphatic heterocycles. The molecule has 2 aromatic rings. The summed E-state index contributed by atoms with van der Waals surface area (Å²) in [5, 5.41) is 29.4. The number of carbonyl (C=O) groups is 1. The number of aryl methyl sites for hydroxylation is 1. The number of aliphatic hydroxyl groups excluding tert-OH is 1. The standard InChI is InChI=1S/C16H16O7S/c1-7-5-8(18)11-9(6-7)23-14-12(13(11)19)16(21,15(20)22-2)10(24-14)3-4-17/h5-6,10,17-18,21H,3-4H2,1-2H3/t10-,16+/m1/s1. The minimum absolute atomic E-state index is 0.0568. The van der Waals surface area contributed by atoms with E-state index in [1.807, 2.05) is 0 Å². The first kappa shape index (κ1) is 16.8. The summed E-state index contributed by atoms with van der Waals surface area (Å²) < 4.78 is 10.3. The van der Waals surface area contributed by atoms with Crippen molar-refractivity contribution in [1.29, 1.82) is 0 Å². The average molecular weight is 352 g/mol. The molecule has 0 saturated heterocycles. The maximum absolute atomic E-state index is 12.9. The highest BCUT2D eigenvalue weighted by atomic mass is 32.2. The summed E-state index contributed by atoms with van der Waals surface area (Å²) in [5.74, 6) is -1.30. The summed E-state index contributed by atoms with van der Waals surface area (Å²) in [7, 11) is 1.10. The van der Waals surface area contributed by atoms with E-state index in [0.29, 0.717) is 5.56 Å². The Morgan fingerprint density at radius 2 is 2.17 bits per heavy atom. The van der Waals surface area contributed by atoms with E-state index < -0.39 is 22.2 Å².